The molecule has 0 spiro atoms. The first kappa shape index (κ1) is 36.2. The van der Waals surface area contributed by atoms with Gasteiger partial charge in [-0.1, -0.05) is 0 Å². The molecule has 1 aliphatic rings. The first-order valence-electron chi connectivity index (χ1n) is 17.5. The summed E-state index contributed by atoms with van der Waals surface area (Å²) in [5, 5.41) is 0. The summed E-state index contributed by atoms with van der Waals surface area (Å²) in [5.41, 5.74) is 9.49. The molecule has 0 fully saturated rings. The van der Waals surface area contributed by atoms with Gasteiger partial charge in [0, 0.05) is 0 Å². The van der Waals surface area contributed by atoms with Crippen molar-refractivity contribution in [3.05, 3.63) is 128 Å². The molecule has 3 heteroatoms. The second-order valence-electron chi connectivity index (χ2n) is 15.3. The van der Waals surface area contributed by atoms with Crippen LogP contribution >= 0.6 is 0 Å². The first-order chi connectivity index (χ1) is 21.3. The third-order valence-corrected chi connectivity index (χ3v) is 38.9. The number of hydrogen-bond acceptors (Lipinski definition) is 0. The number of allylic oxidation sites excluding steroid dienone is 3. The third-order valence-electron chi connectivity index (χ3n) is 11.5. The van der Waals surface area contributed by atoms with Crippen LogP contribution in [0.3, 0.4) is 0 Å². The van der Waals surface area contributed by atoms with Crippen molar-refractivity contribution in [3.8, 4) is 0 Å². The Kier molecular flexibility index (Phi) is 11.7. The van der Waals surface area contributed by atoms with Crippen molar-refractivity contribution in [2.45, 2.75) is 122 Å². The van der Waals surface area contributed by atoms with E-state index >= 15 is 0 Å². The van der Waals surface area contributed by atoms with Crippen molar-refractivity contribution in [1.82, 2.24) is 0 Å². The molecule has 0 amide bonds. The molecule has 0 atom stereocenters. The molecule has 0 aromatic heterocycles. The molecular formula is C42H59BiSi2. The molecule has 0 aliphatic carbocycles. The molecule has 0 saturated carbocycles. The summed E-state index contributed by atoms with van der Waals surface area (Å²) in [6, 6.07) is 34.3. The molecule has 0 unspecified atom stereocenters. The number of rotatable bonds is 12. The Labute approximate surface area is 289 Å². The minimum absolute atomic E-state index is 0.391. The minimum atomic E-state index is -1.87. The summed E-state index contributed by atoms with van der Waals surface area (Å²) in [4.78, 5) is 0. The number of benzene rings is 3. The van der Waals surface area contributed by atoms with E-state index in [4.69, 9.17) is 0 Å². The van der Waals surface area contributed by atoms with Gasteiger partial charge in [0.05, 0.1) is 0 Å². The Bertz CT molecular complexity index is 1320. The van der Waals surface area contributed by atoms with Gasteiger partial charge < -0.3 is 0 Å². The zero-order chi connectivity index (χ0) is 33.2. The Morgan fingerprint density at radius 1 is 0.422 bits per heavy atom. The molecular weight excluding hydrogens is 770 g/mol. The van der Waals surface area contributed by atoms with Crippen LogP contribution in [0, 0.1) is 0 Å². The first-order valence-corrected chi connectivity index (χ1v) is 25.4. The van der Waals surface area contributed by atoms with Gasteiger partial charge in [-0.25, -0.2) is 0 Å². The molecule has 0 saturated heterocycles. The summed E-state index contributed by atoms with van der Waals surface area (Å²) in [6.45, 7) is 30.9. The Morgan fingerprint density at radius 2 is 0.733 bits per heavy atom. The molecule has 1 heterocycles. The van der Waals surface area contributed by atoms with Crippen molar-refractivity contribution < 1.29 is 0 Å². The van der Waals surface area contributed by atoms with Gasteiger partial charge in [0.2, 0.25) is 0 Å². The Balaban J connectivity index is 2.30. The number of hydrogen-bond donors (Lipinski definition) is 0. The van der Waals surface area contributed by atoms with Crippen molar-refractivity contribution in [2.24, 2.45) is 0 Å². The average Bonchev–Trinajstić information content (AvgIpc) is 2.99. The summed E-state index contributed by atoms with van der Waals surface area (Å²) >= 11 is -1.17. The zero-order valence-electron chi connectivity index (χ0n) is 30.2. The summed E-state index contributed by atoms with van der Waals surface area (Å²) in [6.07, 6.45) is 5.69. The van der Waals surface area contributed by atoms with Crippen molar-refractivity contribution >= 4 is 41.7 Å². The summed E-state index contributed by atoms with van der Waals surface area (Å²) < 4.78 is 3.95. The van der Waals surface area contributed by atoms with Crippen LogP contribution in [0.25, 0.3) is 0 Å². The molecule has 3 aromatic rings. The fourth-order valence-corrected chi connectivity index (χ4v) is 51.0. The van der Waals surface area contributed by atoms with Crippen LogP contribution in [-0.2, 0) is 5.41 Å². The molecule has 0 radical (unpaired) electrons. The Hall–Kier alpha value is -1.67. The average molecular weight is 829 g/mol. The second-order valence-corrected chi connectivity index (χ2v) is 35.0. The van der Waals surface area contributed by atoms with Crippen LogP contribution in [0.5, 0.6) is 0 Å². The quantitative estimate of drug-likeness (QED) is 0.126. The summed E-state index contributed by atoms with van der Waals surface area (Å²) in [5.74, 6) is 0. The van der Waals surface area contributed by atoms with E-state index in [0.717, 1.165) is 0 Å². The fraction of sp³-hybridized carbons (Fsp3) is 0.452. The molecule has 1 aliphatic heterocycles. The SMILES string of the molecule is CC(C)[Si]([C]1=CC(C(c2ccccc2)(c2ccccc2)c2ccccc2)=C[C]([Si](C(C)C)(C(C)C)C(C)C)=[Bi]1)(C(C)C)C(C)C. The third kappa shape index (κ3) is 6.09. The van der Waals surface area contributed by atoms with E-state index in [2.05, 4.69) is 186 Å². The molecule has 0 nitrogen and oxygen atoms in total. The van der Waals surface area contributed by atoms with E-state index in [9.17, 15) is 0 Å². The van der Waals surface area contributed by atoms with Gasteiger partial charge in [-0.05, 0) is 0 Å². The molecule has 0 bridgehead atoms. The van der Waals surface area contributed by atoms with E-state index in [1.165, 1.54) is 22.3 Å². The molecule has 45 heavy (non-hydrogen) atoms. The maximum atomic E-state index is 2.85. The predicted molar refractivity (Wildman–Crippen MR) is 208 cm³/mol. The fourth-order valence-electron chi connectivity index (χ4n) is 10.0. The van der Waals surface area contributed by atoms with E-state index in [1.807, 2.05) is 5.73 Å². The van der Waals surface area contributed by atoms with Gasteiger partial charge in [0.15, 0.2) is 0 Å². The van der Waals surface area contributed by atoms with Crippen molar-refractivity contribution in [3.63, 3.8) is 0 Å². The van der Waals surface area contributed by atoms with Crippen LogP contribution < -0.4 is 0 Å². The summed E-state index contributed by atoms with van der Waals surface area (Å²) in [7, 11) is -3.75. The van der Waals surface area contributed by atoms with Gasteiger partial charge in [-0.15, -0.1) is 0 Å². The standard InChI is InChI=1S/C42H59Si2.Bi/c1-32(2)43(33(3)4,34(5)6)30-28-41(29-31-44(35(7)8,36(9)10)37(11)12)42(38-22-16-13-17-23-38,39-24-18-14-19-25-39)40-26-20-15-21-27-40;/h13-29,32-37H,1-12H3;. The van der Waals surface area contributed by atoms with Gasteiger partial charge in [-0.2, -0.15) is 0 Å². The van der Waals surface area contributed by atoms with Crippen molar-refractivity contribution in [2.75, 3.05) is 0 Å². The second kappa shape index (κ2) is 14.6. The van der Waals surface area contributed by atoms with Gasteiger partial charge in [-0.3, -0.25) is 0 Å². The van der Waals surface area contributed by atoms with Gasteiger partial charge in [0.1, 0.15) is 0 Å². The van der Waals surface area contributed by atoms with Crippen LogP contribution in [0.15, 0.2) is 112 Å². The molecule has 3 aromatic carbocycles. The van der Waals surface area contributed by atoms with Gasteiger partial charge in [0.25, 0.3) is 0 Å². The van der Waals surface area contributed by atoms with Crippen LogP contribution in [0.1, 0.15) is 99.8 Å². The van der Waals surface area contributed by atoms with Crippen LogP contribution in [0.2, 0.25) is 33.2 Å². The van der Waals surface area contributed by atoms with Gasteiger partial charge >= 0.3 is 292 Å². The molecule has 0 N–H and O–H groups in total. The van der Waals surface area contributed by atoms with Crippen molar-refractivity contribution in [1.29, 1.82) is 0 Å². The topological polar surface area (TPSA) is 0 Å². The van der Waals surface area contributed by atoms with E-state index < -0.39 is 44.3 Å². The maximum absolute atomic E-state index is 2.85. The molecule has 4 rings (SSSR count). The Morgan fingerprint density at radius 3 is 1.02 bits per heavy atom. The monoisotopic (exact) mass is 828 g/mol. The van der Waals surface area contributed by atoms with Crippen LogP contribution in [0.4, 0.5) is 0 Å². The van der Waals surface area contributed by atoms with Crippen LogP contribution in [-0.4, -0.2) is 41.7 Å². The normalized spacial score (nSPS) is 14.9. The van der Waals surface area contributed by atoms with E-state index in [0.29, 0.717) is 33.2 Å². The van der Waals surface area contributed by atoms with E-state index in [1.54, 1.807) is 0 Å². The predicted octanol–water partition coefficient (Wildman–Crippen LogP) is 12.2. The van der Waals surface area contributed by atoms with E-state index in [-0.39, 0.29) is 0 Å². The molecule has 240 valence electrons. The zero-order valence-corrected chi connectivity index (χ0v) is 35.7.